The molecule has 0 fully saturated rings. The molecule has 2 aromatic heterocycles. The van der Waals surface area contributed by atoms with Crippen LogP contribution in [0.3, 0.4) is 0 Å². The van der Waals surface area contributed by atoms with Gasteiger partial charge in [-0.15, -0.1) is 24.0 Å². The third kappa shape index (κ3) is 5.94. The van der Waals surface area contributed by atoms with Crippen LogP contribution in [-0.2, 0) is 13.6 Å². The van der Waals surface area contributed by atoms with E-state index < -0.39 is 0 Å². The first-order chi connectivity index (χ1) is 14.0. The predicted octanol–water partition coefficient (Wildman–Crippen LogP) is 2.55. The van der Waals surface area contributed by atoms with Gasteiger partial charge in [-0.05, 0) is 39.6 Å². The average Bonchev–Trinajstić information content (AvgIpc) is 3.26. The van der Waals surface area contributed by atoms with Crippen LogP contribution in [0.2, 0.25) is 0 Å². The summed E-state index contributed by atoms with van der Waals surface area (Å²) in [5.74, 6) is 1.87. The molecule has 30 heavy (non-hydrogen) atoms. The van der Waals surface area contributed by atoms with E-state index in [1.165, 1.54) is 11.1 Å². The lowest BCUT2D eigenvalue weighted by atomic mass is 10.1. The number of benzene rings is 1. The van der Waals surface area contributed by atoms with Crippen molar-refractivity contribution < 1.29 is 0 Å². The first-order valence-electron chi connectivity index (χ1n) is 10.0. The largest absolute Gasteiger partial charge is 0.356 e. The van der Waals surface area contributed by atoms with E-state index in [-0.39, 0.29) is 30.0 Å². The van der Waals surface area contributed by atoms with Crippen LogP contribution >= 0.6 is 24.0 Å². The topological polar surface area (TPSA) is 75.3 Å². The van der Waals surface area contributed by atoms with Gasteiger partial charge < -0.3 is 20.1 Å². The van der Waals surface area contributed by atoms with Crippen LogP contribution in [0.15, 0.2) is 41.7 Å². The van der Waals surface area contributed by atoms with Crippen LogP contribution in [-0.4, -0.2) is 64.4 Å². The molecule has 3 aromatic rings. The van der Waals surface area contributed by atoms with Gasteiger partial charge in [0, 0.05) is 45.5 Å². The molecule has 3 rings (SSSR count). The molecule has 0 amide bonds. The smallest absolute Gasteiger partial charge is 0.191 e. The Morgan fingerprint density at radius 1 is 1.23 bits per heavy atom. The number of imidazole rings is 1. The zero-order valence-electron chi connectivity index (χ0n) is 18.5. The van der Waals surface area contributed by atoms with Gasteiger partial charge in [-0.2, -0.15) is 5.10 Å². The number of nitrogens with one attached hydrogen (secondary N) is 2. The van der Waals surface area contributed by atoms with E-state index >= 15 is 0 Å². The fraction of sp³-hybridized carbons (Fsp3) is 0.476. The second-order valence-electron chi connectivity index (χ2n) is 7.46. The van der Waals surface area contributed by atoms with Gasteiger partial charge in [-0.3, -0.25) is 9.67 Å². The van der Waals surface area contributed by atoms with Crippen LogP contribution in [0.1, 0.15) is 23.9 Å². The molecule has 164 valence electrons. The molecule has 0 bridgehead atoms. The van der Waals surface area contributed by atoms with Crippen molar-refractivity contribution in [1.82, 2.24) is 34.9 Å². The average molecular weight is 524 g/mol. The highest BCUT2D eigenvalue weighted by Crippen LogP contribution is 2.16. The molecule has 1 atom stereocenters. The van der Waals surface area contributed by atoms with E-state index in [1.807, 2.05) is 24.0 Å². The van der Waals surface area contributed by atoms with E-state index in [9.17, 15) is 0 Å². The van der Waals surface area contributed by atoms with E-state index in [1.54, 1.807) is 7.05 Å². The minimum absolute atomic E-state index is 0. The molecule has 1 aromatic carbocycles. The third-order valence-electron chi connectivity index (χ3n) is 5.12. The molecule has 2 N–H and O–H groups in total. The lowest BCUT2D eigenvalue weighted by Crippen LogP contribution is -2.42. The summed E-state index contributed by atoms with van der Waals surface area (Å²) in [5, 5.41) is 11.1. The van der Waals surface area contributed by atoms with Crippen LogP contribution < -0.4 is 10.6 Å². The highest BCUT2D eigenvalue weighted by atomic mass is 127. The Labute approximate surface area is 195 Å². The molecular weight excluding hydrogens is 491 g/mol. The Morgan fingerprint density at radius 2 is 2.00 bits per heavy atom. The molecular formula is C21H33IN8. The first kappa shape index (κ1) is 24.1. The van der Waals surface area contributed by atoms with Gasteiger partial charge in [-0.1, -0.05) is 12.1 Å². The third-order valence-corrected chi connectivity index (χ3v) is 5.12. The van der Waals surface area contributed by atoms with E-state index in [0.29, 0.717) is 0 Å². The van der Waals surface area contributed by atoms with Crippen LogP contribution in [0.4, 0.5) is 0 Å². The Hall–Kier alpha value is -2.14. The van der Waals surface area contributed by atoms with Crippen molar-refractivity contribution in [3.63, 3.8) is 0 Å². The Bertz CT molecular complexity index is 959. The quantitative estimate of drug-likeness (QED) is 0.205. The summed E-state index contributed by atoms with van der Waals surface area (Å²) in [6, 6.07) is 8.51. The molecule has 0 spiro atoms. The van der Waals surface area contributed by atoms with Gasteiger partial charge in [0.15, 0.2) is 5.96 Å². The molecule has 0 saturated heterocycles. The lowest BCUT2D eigenvalue weighted by Gasteiger charge is -2.24. The fourth-order valence-electron chi connectivity index (χ4n) is 3.55. The van der Waals surface area contributed by atoms with Gasteiger partial charge in [0.1, 0.15) is 5.82 Å². The van der Waals surface area contributed by atoms with Crippen molar-refractivity contribution in [1.29, 1.82) is 0 Å². The summed E-state index contributed by atoms with van der Waals surface area (Å²) >= 11 is 0. The number of aliphatic imine (C=N–C) groups is 1. The number of para-hydroxylation sites is 2. The van der Waals surface area contributed by atoms with Crippen molar-refractivity contribution in [3.8, 4) is 0 Å². The second kappa shape index (κ2) is 11.3. The summed E-state index contributed by atoms with van der Waals surface area (Å²) in [4.78, 5) is 11.2. The lowest BCUT2D eigenvalue weighted by molar-refractivity contribution is 0.298. The van der Waals surface area contributed by atoms with Gasteiger partial charge >= 0.3 is 0 Å². The molecule has 0 aliphatic rings. The Balaban J connectivity index is 0.00000320. The van der Waals surface area contributed by atoms with E-state index in [4.69, 9.17) is 0 Å². The second-order valence-corrected chi connectivity index (χ2v) is 7.46. The first-order valence-corrected chi connectivity index (χ1v) is 10.0. The molecule has 0 aliphatic carbocycles. The van der Waals surface area contributed by atoms with Crippen molar-refractivity contribution in [2.45, 2.75) is 25.9 Å². The summed E-state index contributed by atoms with van der Waals surface area (Å²) in [7, 11) is 7.90. The maximum Gasteiger partial charge on any atom is 0.191 e. The molecule has 0 aliphatic heterocycles. The summed E-state index contributed by atoms with van der Waals surface area (Å²) in [6.45, 7) is 4.58. The van der Waals surface area contributed by atoms with Crippen molar-refractivity contribution in [3.05, 3.63) is 48.0 Å². The van der Waals surface area contributed by atoms with Crippen LogP contribution in [0.25, 0.3) is 11.0 Å². The number of likely N-dealkylation sites (N-methyl/N-ethyl adjacent to an activating group) is 1. The predicted molar refractivity (Wildman–Crippen MR) is 134 cm³/mol. The van der Waals surface area contributed by atoms with Gasteiger partial charge in [0.2, 0.25) is 0 Å². The van der Waals surface area contributed by atoms with Crippen molar-refractivity contribution in [2.75, 3.05) is 34.2 Å². The van der Waals surface area contributed by atoms with Crippen LogP contribution in [0, 0.1) is 6.92 Å². The molecule has 9 heteroatoms. The van der Waals surface area contributed by atoms with Gasteiger partial charge in [0.25, 0.3) is 0 Å². The number of rotatable bonds is 8. The summed E-state index contributed by atoms with van der Waals surface area (Å²) < 4.78 is 4.11. The fourth-order valence-corrected chi connectivity index (χ4v) is 3.55. The normalized spacial score (nSPS) is 12.8. The SMILES string of the molecule is CN=C(NCCCn1c(C)nc2ccccc21)NCC(c1cnn(C)c1)N(C)C.I. The molecule has 8 nitrogen and oxygen atoms in total. The number of aromatic nitrogens is 4. The minimum Gasteiger partial charge on any atom is -0.356 e. The highest BCUT2D eigenvalue weighted by Gasteiger charge is 2.16. The standard InChI is InChI=1S/C21H32N8.HI/c1-16-26-18-9-6-7-10-19(18)29(16)12-8-11-23-21(22-2)24-14-20(27(3)4)17-13-25-28(5)15-17;/h6-7,9-10,13,15,20H,8,11-12,14H2,1-5H3,(H2,22,23,24);1H. The molecule has 1 unspecified atom stereocenters. The van der Waals surface area contributed by atoms with E-state index in [0.717, 1.165) is 43.4 Å². The molecule has 0 saturated carbocycles. The number of aryl methyl sites for hydroxylation is 3. The summed E-state index contributed by atoms with van der Waals surface area (Å²) in [5.41, 5.74) is 3.43. The Kier molecular flexibility index (Phi) is 9.09. The molecule has 0 radical (unpaired) electrons. The molecule has 2 heterocycles. The van der Waals surface area contributed by atoms with Crippen molar-refractivity contribution in [2.24, 2.45) is 12.0 Å². The van der Waals surface area contributed by atoms with Gasteiger partial charge in [0.05, 0.1) is 23.3 Å². The number of hydrogen-bond donors (Lipinski definition) is 2. The van der Waals surface area contributed by atoms with E-state index in [2.05, 4.69) is 80.6 Å². The number of halogens is 1. The van der Waals surface area contributed by atoms with Gasteiger partial charge in [-0.25, -0.2) is 4.98 Å². The Morgan fingerprint density at radius 3 is 2.67 bits per heavy atom. The number of nitrogens with zero attached hydrogens (tertiary/aromatic N) is 6. The zero-order valence-corrected chi connectivity index (χ0v) is 20.8. The maximum absolute atomic E-state index is 4.63. The zero-order chi connectivity index (χ0) is 20.8. The number of hydrogen-bond acceptors (Lipinski definition) is 4. The highest BCUT2D eigenvalue weighted by molar-refractivity contribution is 14.0. The monoisotopic (exact) mass is 524 g/mol. The summed E-state index contributed by atoms with van der Waals surface area (Å²) in [6.07, 6.45) is 4.96. The van der Waals surface area contributed by atoms with Crippen molar-refractivity contribution >= 4 is 41.0 Å². The van der Waals surface area contributed by atoms with Crippen LogP contribution in [0.5, 0.6) is 0 Å². The number of guanidine groups is 1. The minimum atomic E-state index is 0. The number of fused-ring (bicyclic) bond motifs is 1. The maximum atomic E-state index is 4.63.